The van der Waals surface area contributed by atoms with Crippen molar-refractivity contribution in [2.45, 2.75) is 41.5 Å². The summed E-state index contributed by atoms with van der Waals surface area (Å²) in [7, 11) is 0. The average molecular weight is 1200 g/mol. The minimum absolute atomic E-state index is 0.0476. The molecule has 2 N–H and O–H groups in total. The van der Waals surface area contributed by atoms with Crippen LogP contribution in [-0.4, -0.2) is 25.0 Å². The van der Waals surface area contributed by atoms with Gasteiger partial charge >= 0.3 is 0 Å². The third kappa shape index (κ3) is 12.0. The summed E-state index contributed by atoms with van der Waals surface area (Å²) in [5, 5.41) is 5.93. The van der Waals surface area contributed by atoms with Crippen LogP contribution in [0.2, 0.25) is 0 Å². The van der Waals surface area contributed by atoms with Gasteiger partial charge < -0.3 is 15.4 Å². The molecule has 0 unspecified atom stereocenters. The molecular formula is C28H30I6N2O3. The zero-order chi connectivity index (χ0) is 29.7. The highest BCUT2D eigenvalue weighted by molar-refractivity contribution is 14.1. The van der Waals surface area contributed by atoms with Crippen molar-refractivity contribution in [3.8, 4) is 0 Å². The van der Waals surface area contributed by atoms with E-state index in [1.54, 1.807) is 0 Å². The molecule has 2 rings (SSSR count). The molecule has 0 aromatic heterocycles. The molecule has 0 aliphatic rings. The minimum atomic E-state index is -0.307. The Hall–Kier alpha value is 1.20. The lowest BCUT2D eigenvalue weighted by Crippen LogP contribution is -2.25. The molecule has 0 spiro atoms. The van der Waals surface area contributed by atoms with E-state index in [9.17, 15) is 9.59 Å². The van der Waals surface area contributed by atoms with Crippen LogP contribution in [0, 0.1) is 32.3 Å². The smallest absolute Gasteiger partial charge is 0.250 e. The van der Waals surface area contributed by atoms with Gasteiger partial charge in [-0.2, -0.15) is 0 Å². The molecule has 0 aliphatic heterocycles. The lowest BCUT2D eigenvalue weighted by Gasteiger charge is -2.16. The maximum absolute atomic E-state index is 12.7. The second-order valence-corrected chi connectivity index (χ2v) is 17.7. The van der Waals surface area contributed by atoms with Crippen LogP contribution in [0.25, 0.3) is 12.2 Å². The Balaban J connectivity index is 2.07. The van der Waals surface area contributed by atoms with E-state index in [1.807, 2.05) is 12.1 Å². The number of hydrogen-bond donors (Lipinski definition) is 2. The molecule has 39 heavy (non-hydrogen) atoms. The highest BCUT2D eigenvalue weighted by atomic mass is 127. The van der Waals surface area contributed by atoms with Crippen molar-refractivity contribution in [1.82, 2.24) is 0 Å². The van der Waals surface area contributed by atoms with Gasteiger partial charge in [0.15, 0.2) is 0 Å². The molecule has 0 saturated carbocycles. The molecule has 2 aromatic carbocycles. The molecule has 5 nitrogen and oxygen atoms in total. The van der Waals surface area contributed by atoms with E-state index in [2.05, 4.69) is 212 Å². The lowest BCUT2D eigenvalue weighted by molar-refractivity contribution is -0.125. The number of ether oxygens (including phenoxy) is 1. The Morgan fingerprint density at radius 3 is 1.31 bits per heavy atom. The van der Waals surface area contributed by atoms with E-state index >= 15 is 0 Å². The van der Waals surface area contributed by atoms with Gasteiger partial charge in [0, 0.05) is 32.5 Å². The fourth-order valence-electron chi connectivity index (χ4n) is 3.00. The Bertz CT molecular complexity index is 1210. The molecule has 11 heteroatoms. The fraction of sp³-hybridized carbons (Fsp3) is 0.357. The number of allylic oxidation sites excluding steroid dienone is 2. The Kier molecular flexibility index (Phi) is 14.7. The summed E-state index contributed by atoms with van der Waals surface area (Å²) >= 11 is 13.6. The first-order chi connectivity index (χ1) is 17.9. The summed E-state index contributed by atoms with van der Waals surface area (Å²) in [6, 6.07) is 4.09. The van der Waals surface area contributed by atoms with Gasteiger partial charge in [0.05, 0.1) is 11.4 Å². The second-order valence-electron chi connectivity index (χ2n) is 10.9. The van der Waals surface area contributed by atoms with Gasteiger partial charge in [0.2, 0.25) is 11.8 Å². The zero-order valence-electron chi connectivity index (χ0n) is 22.4. The van der Waals surface area contributed by atoms with Crippen LogP contribution in [0.4, 0.5) is 11.4 Å². The molecule has 0 atom stereocenters. The number of nitrogens with one attached hydrogen (secondary N) is 2. The second kappa shape index (κ2) is 15.8. The number of benzene rings is 2. The summed E-state index contributed by atoms with van der Waals surface area (Å²) in [4.78, 5) is 25.4. The molecule has 2 amide bonds. The number of anilines is 2. The first-order valence-electron chi connectivity index (χ1n) is 11.8. The van der Waals surface area contributed by atoms with Crippen molar-refractivity contribution < 1.29 is 14.3 Å². The average Bonchev–Trinajstić information content (AvgIpc) is 2.77. The lowest BCUT2D eigenvalue weighted by atomic mass is 9.95. The zero-order valence-corrected chi connectivity index (χ0v) is 35.3. The van der Waals surface area contributed by atoms with E-state index in [0.29, 0.717) is 0 Å². The normalized spacial score (nSPS) is 12.4. The highest BCUT2D eigenvalue weighted by Crippen LogP contribution is 2.35. The number of rotatable bonds is 8. The molecule has 0 fully saturated rings. The molecule has 0 bridgehead atoms. The summed E-state index contributed by atoms with van der Waals surface area (Å²) in [5.74, 6) is -0.614. The van der Waals surface area contributed by atoms with E-state index in [-0.39, 0.29) is 35.9 Å². The van der Waals surface area contributed by atoms with Crippen molar-refractivity contribution >= 4 is 171 Å². The molecule has 0 aliphatic carbocycles. The summed E-state index contributed by atoms with van der Waals surface area (Å²) in [5.41, 5.74) is 3.74. The number of carbonyl (C=O) groups is 2. The van der Waals surface area contributed by atoms with Gasteiger partial charge in [-0.3, -0.25) is 9.59 Å². The molecule has 0 saturated heterocycles. The topological polar surface area (TPSA) is 67.4 Å². The van der Waals surface area contributed by atoms with Crippen LogP contribution in [-0.2, 0) is 14.3 Å². The van der Waals surface area contributed by atoms with Crippen LogP contribution in [0.1, 0.15) is 52.7 Å². The van der Waals surface area contributed by atoms with Crippen LogP contribution in [0.15, 0.2) is 24.3 Å². The SMILES string of the molecule is CC(C)(C)C=Cc1c(I)cc(I)c(NC(=O)COCC(=O)Nc2c(I)cc(I)c(C=CC(C)(C)C)c2I)c1I. The first kappa shape index (κ1) is 36.4. The van der Waals surface area contributed by atoms with Crippen molar-refractivity contribution in [1.29, 1.82) is 0 Å². The standard InChI is InChI=1S/C28H30I6N2O3/c1-27(2,3)9-7-15-17(29)11-19(31)25(23(15)33)35-21(37)13-39-14-22(38)36-26-20(32)12-18(30)16(24(26)34)8-10-28(4,5)6/h7-12H,13-14H2,1-6H3,(H,35,37)(H,36,38). The van der Waals surface area contributed by atoms with E-state index in [4.69, 9.17) is 4.74 Å². The Morgan fingerprint density at radius 1 is 0.667 bits per heavy atom. The Morgan fingerprint density at radius 2 is 1.00 bits per heavy atom. The first-order valence-corrected chi connectivity index (χ1v) is 18.3. The van der Waals surface area contributed by atoms with Gasteiger partial charge in [-0.1, -0.05) is 65.8 Å². The van der Waals surface area contributed by atoms with Crippen molar-refractivity contribution in [2.24, 2.45) is 10.8 Å². The third-order valence-electron chi connectivity index (χ3n) is 4.91. The minimum Gasteiger partial charge on any atom is -0.362 e. The van der Waals surface area contributed by atoms with E-state index < -0.39 is 0 Å². The van der Waals surface area contributed by atoms with Gasteiger partial charge in [-0.05, 0) is 159 Å². The van der Waals surface area contributed by atoms with Gasteiger partial charge in [0.25, 0.3) is 0 Å². The van der Waals surface area contributed by atoms with Crippen LogP contribution in [0.3, 0.4) is 0 Å². The maximum atomic E-state index is 12.7. The van der Waals surface area contributed by atoms with Crippen molar-refractivity contribution in [2.75, 3.05) is 23.8 Å². The molecule has 2 aromatic rings. The molecule has 212 valence electrons. The third-order valence-corrected chi connectivity index (χ3v) is 10.6. The molecule has 0 radical (unpaired) electrons. The number of hydrogen-bond acceptors (Lipinski definition) is 3. The monoisotopic (exact) mass is 1200 g/mol. The van der Waals surface area contributed by atoms with Gasteiger partial charge in [-0.25, -0.2) is 0 Å². The number of halogens is 6. The van der Waals surface area contributed by atoms with Crippen LogP contribution < -0.4 is 10.6 Å². The predicted molar refractivity (Wildman–Crippen MR) is 214 cm³/mol. The van der Waals surface area contributed by atoms with Crippen LogP contribution >= 0.6 is 136 Å². The number of carbonyl (C=O) groups excluding carboxylic acids is 2. The van der Waals surface area contributed by atoms with Gasteiger partial charge in [-0.15, -0.1) is 0 Å². The summed E-state index contributed by atoms with van der Waals surface area (Å²) in [6.07, 6.45) is 8.53. The largest absolute Gasteiger partial charge is 0.362 e. The predicted octanol–water partition coefficient (Wildman–Crippen LogP) is 10.0. The fourth-order valence-corrected chi connectivity index (χ4v) is 11.0. The van der Waals surface area contributed by atoms with Gasteiger partial charge in [0.1, 0.15) is 13.2 Å². The van der Waals surface area contributed by atoms with Crippen LogP contribution in [0.5, 0.6) is 0 Å². The summed E-state index contributed by atoms with van der Waals surface area (Å²) < 4.78 is 11.5. The maximum Gasteiger partial charge on any atom is 0.250 e. The van der Waals surface area contributed by atoms with E-state index in [0.717, 1.165) is 43.9 Å². The van der Waals surface area contributed by atoms with Crippen molar-refractivity contribution in [3.05, 3.63) is 56.8 Å². The molecule has 0 heterocycles. The quantitative estimate of drug-likeness (QED) is 0.259. The molecular weight excluding hydrogens is 1170 g/mol. The Labute approximate surface area is 313 Å². The van der Waals surface area contributed by atoms with E-state index in [1.165, 1.54) is 0 Å². The number of amides is 2. The highest BCUT2D eigenvalue weighted by Gasteiger charge is 2.18. The summed E-state index contributed by atoms with van der Waals surface area (Å²) in [6.45, 7) is 12.4. The van der Waals surface area contributed by atoms with Crippen molar-refractivity contribution in [3.63, 3.8) is 0 Å².